The lowest BCUT2D eigenvalue weighted by Gasteiger charge is -2.32. The Hall–Kier alpha value is -1.47. The van der Waals surface area contributed by atoms with Crippen LogP contribution < -0.4 is 5.32 Å². The molecule has 3 rings (SSSR count). The van der Waals surface area contributed by atoms with Crippen molar-refractivity contribution in [3.8, 4) is 0 Å². The van der Waals surface area contributed by atoms with Crippen LogP contribution >= 0.6 is 0 Å². The Morgan fingerprint density at radius 3 is 2.89 bits per heavy atom. The first-order chi connectivity index (χ1) is 8.84. The summed E-state index contributed by atoms with van der Waals surface area (Å²) in [7, 11) is 0. The van der Waals surface area contributed by atoms with Crippen LogP contribution in [0, 0.1) is 0 Å². The molecule has 1 amide bonds. The van der Waals surface area contributed by atoms with Crippen molar-refractivity contribution < 1.29 is 4.79 Å². The smallest absolute Gasteiger partial charge is 0.276 e. The van der Waals surface area contributed by atoms with E-state index in [9.17, 15) is 4.79 Å². The normalized spacial score (nSPS) is 25.6. The van der Waals surface area contributed by atoms with Gasteiger partial charge in [0.15, 0.2) is 5.69 Å². The molecule has 0 radical (unpaired) electrons. The molecule has 1 unspecified atom stereocenters. The van der Waals surface area contributed by atoms with E-state index in [0.717, 1.165) is 45.7 Å². The summed E-state index contributed by atoms with van der Waals surface area (Å²) in [6.07, 6.45) is 2.55. The summed E-state index contributed by atoms with van der Waals surface area (Å²) < 4.78 is 0. The van der Waals surface area contributed by atoms with E-state index in [-0.39, 0.29) is 5.91 Å². The zero-order valence-electron chi connectivity index (χ0n) is 10.3. The molecule has 18 heavy (non-hydrogen) atoms. The van der Waals surface area contributed by atoms with Gasteiger partial charge in [-0.2, -0.15) is 15.4 Å². The number of nitrogens with one attached hydrogen (secondary N) is 2. The number of hydrogen-bond donors (Lipinski definition) is 2. The fourth-order valence-corrected chi connectivity index (χ4v) is 2.74. The Morgan fingerprint density at radius 1 is 1.33 bits per heavy atom. The molecule has 1 aromatic rings. The predicted molar refractivity (Wildman–Crippen MR) is 65.1 cm³/mol. The molecule has 3 heterocycles. The van der Waals surface area contributed by atoms with Crippen LogP contribution in [0.3, 0.4) is 0 Å². The van der Waals surface area contributed by atoms with Gasteiger partial charge in [-0.25, -0.2) is 0 Å². The second kappa shape index (κ2) is 5.03. The number of carbonyl (C=O) groups excluding carboxylic acids is 1. The highest BCUT2D eigenvalue weighted by Crippen LogP contribution is 2.17. The van der Waals surface area contributed by atoms with Crippen LogP contribution in [0.25, 0.3) is 0 Å². The largest absolute Gasteiger partial charge is 0.336 e. The highest BCUT2D eigenvalue weighted by atomic mass is 16.2. The number of rotatable bonds is 2. The molecule has 0 spiro atoms. The number of likely N-dealkylation sites (tertiary alicyclic amines) is 1. The summed E-state index contributed by atoms with van der Waals surface area (Å²) in [6.45, 7) is 5.89. The topological polar surface area (TPSA) is 77.2 Å². The van der Waals surface area contributed by atoms with Crippen LogP contribution in [0.4, 0.5) is 0 Å². The van der Waals surface area contributed by atoms with Crippen molar-refractivity contribution in [2.24, 2.45) is 0 Å². The third-order valence-electron chi connectivity index (χ3n) is 3.75. The average molecular weight is 250 g/mol. The number of H-pyrrole nitrogens is 1. The van der Waals surface area contributed by atoms with Crippen molar-refractivity contribution in [2.75, 3.05) is 39.3 Å². The first kappa shape index (κ1) is 11.6. The second-order valence-corrected chi connectivity index (χ2v) is 4.83. The molecule has 1 atom stereocenters. The standard InChI is InChI=1S/C11H18N6O/c18-11(10-7-13-15-14-10)17-4-1-9(8-17)16-5-2-12-3-6-16/h7,9,12H,1-6,8H2,(H,13,14,15). The van der Waals surface area contributed by atoms with Crippen LogP contribution in [0.1, 0.15) is 16.9 Å². The summed E-state index contributed by atoms with van der Waals surface area (Å²) >= 11 is 0. The van der Waals surface area contributed by atoms with Crippen LogP contribution in [0.15, 0.2) is 6.20 Å². The first-order valence-electron chi connectivity index (χ1n) is 6.44. The van der Waals surface area contributed by atoms with Crippen molar-refractivity contribution in [3.05, 3.63) is 11.9 Å². The molecule has 0 bridgehead atoms. The molecule has 0 aliphatic carbocycles. The van der Waals surface area contributed by atoms with Crippen LogP contribution in [0.2, 0.25) is 0 Å². The number of nitrogens with zero attached hydrogens (tertiary/aromatic N) is 4. The maximum absolute atomic E-state index is 12.1. The van der Waals surface area contributed by atoms with E-state index in [2.05, 4.69) is 25.6 Å². The van der Waals surface area contributed by atoms with Gasteiger partial charge in [0.1, 0.15) is 0 Å². The summed E-state index contributed by atoms with van der Waals surface area (Å²) in [6, 6.07) is 0.503. The quantitative estimate of drug-likeness (QED) is 0.698. The van der Waals surface area contributed by atoms with Gasteiger partial charge in [0, 0.05) is 45.3 Å². The van der Waals surface area contributed by atoms with Crippen molar-refractivity contribution in [1.29, 1.82) is 0 Å². The molecule has 2 aliphatic rings. The highest BCUT2D eigenvalue weighted by molar-refractivity contribution is 5.92. The van der Waals surface area contributed by atoms with E-state index in [0.29, 0.717) is 11.7 Å². The SMILES string of the molecule is O=C(c1cn[nH]n1)N1CCC(N2CCNCC2)C1. The molecule has 0 saturated carbocycles. The van der Waals surface area contributed by atoms with E-state index in [1.165, 1.54) is 6.20 Å². The molecule has 2 saturated heterocycles. The Balaban J connectivity index is 1.59. The molecule has 2 fully saturated rings. The van der Waals surface area contributed by atoms with E-state index in [4.69, 9.17) is 0 Å². The minimum Gasteiger partial charge on any atom is -0.336 e. The van der Waals surface area contributed by atoms with Gasteiger partial charge >= 0.3 is 0 Å². The summed E-state index contributed by atoms with van der Waals surface area (Å²) in [5.74, 6) is -0.0126. The number of amides is 1. The van der Waals surface area contributed by atoms with E-state index >= 15 is 0 Å². The van der Waals surface area contributed by atoms with Gasteiger partial charge in [0.05, 0.1) is 6.20 Å². The van der Waals surface area contributed by atoms with Gasteiger partial charge in [-0.3, -0.25) is 9.69 Å². The van der Waals surface area contributed by atoms with Crippen molar-refractivity contribution in [1.82, 2.24) is 30.5 Å². The molecular weight excluding hydrogens is 232 g/mol. The molecule has 7 nitrogen and oxygen atoms in total. The highest BCUT2D eigenvalue weighted by Gasteiger charge is 2.31. The fourth-order valence-electron chi connectivity index (χ4n) is 2.74. The Labute approximate surface area is 106 Å². The summed E-state index contributed by atoms with van der Waals surface area (Å²) in [5.41, 5.74) is 0.413. The van der Waals surface area contributed by atoms with Gasteiger partial charge in [-0.1, -0.05) is 0 Å². The van der Waals surface area contributed by atoms with Crippen LogP contribution in [-0.2, 0) is 0 Å². The van der Waals surface area contributed by atoms with Gasteiger partial charge in [0.2, 0.25) is 0 Å². The van der Waals surface area contributed by atoms with Crippen molar-refractivity contribution in [3.63, 3.8) is 0 Å². The Bertz CT molecular complexity index is 400. The zero-order valence-corrected chi connectivity index (χ0v) is 10.3. The number of piperazine rings is 1. The van der Waals surface area contributed by atoms with Gasteiger partial charge in [-0.05, 0) is 6.42 Å². The van der Waals surface area contributed by atoms with E-state index < -0.39 is 0 Å². The van der Waals surface area contributed by atoms with Gasteiger partial charge in [-0.15, -0.1) is 0 Å². The predicted octanol–water partition coefficient (Wildman–Crippen LogP) is -1.08. The second-order valence-electron chi connectivity index (χ2n) is 4.83. The minimum atomic E-state index is -0.0126. The summed E-state index contributed by atoms with van der Waals surface area (Å²) in [5, 5.41) is 13.4. The Kier molecular flexibility index (Phi) is 3.24. The third-order valence-corrected chi connectivity index (χ3v) is 3.75. The first-order valence-corrected chi connectivity index (χ1v) is 6.44. The molecule has 7 heteroatoms. The number of carbonyl (C=O) groups is 1. The van der Waals surface area contributed by atoms with Crippen molar-refractivity contribution >= 4 is 5.91 Å². The number of aromatic amines is 1. The van der Waals surface area contributed by atoms with Crippen molar-refractivity contribution in [2.45, 2.75) is 12.5 Å². The minimum absolute atomic E-state index is 0.0126. The van der Waals surface area contributed by atoms with E-state index in [1.54, 1.807) is 0 Å². The Morgan fingerprint density at radius 2 is 2.17 bits per heavy atom. The molecule has 2 aliphatic heterocycles. The molecule has 2 N–H and O–H groups in total. The van der Waals surface area contributed by atoms with E-state index in [1.807, 2.05) is 4.90 Å². The number of aromatic nitrogens is 3. The van der Waals surface area contributed by atoms with Crippen LogP contribution in [0.5, 0.6) is 0 Å². The maximum Gasteiger partial charge on any atom is 0.276 e. The maximum atomic E-state index is 12.1. The molecule has 1 aromatic heterocycles. The van der Waals surface area contributed by atoms with Gasteiger partial charge in [0.25, 0.3) is 5.91 Å². The third kappa shape index (κ3) is 2.23. The molecular formula is C11H18N6O. The summed E-state index contributed by atoms with van der Waals surface area (Å²) in [4.78, 5) is 16.5. The lowest BCUT2D eigenvalue weighted by atomic mass is 10.2. The molecule has 0 aromatic carbocycles. The van der Waals surface area contributed by atoms with Gasteiger partial charge < -0.3 is 10.2 Å². The average Bonchev–Trinajstić information content (AvgIpc) is 3.10. The molecule has 98 valence electrons. The zero-order chi connectivity index (χ0) is 12.4. The lowest BCUT2D eigenvalue weighted by Crippen LogP contribution is -2.49. The fraction of sp³-hybridized carbons (Fsp3) is 0.727. The number of hydrogen-bond acceptors (Lipinski definition) is 5. The lowest BCUT2D eigenvalue weighted by molar-refractivity contribution is 0.0767. The van der Waals surface area contributed by atoms with Crippen LogP contribution in [-0.4, -0.2) is 76.4 Å². The monoisotopic (exact) mass is 250 g/mol.